The minimum Gasteiger partial charge on any atom is -0.379 e. The molecule has 1 heterocycles. The van der Waals surface area contributed by atoms with Gasteiger partial charge in [0.15, 0.2) is 0 Å². The van der Waals surface area contributed by atoms with Crippen LogP contribution in [-0.4, -0.2) is 31.1 Å². The van der Waals surface area contributed by atoms with Crippen molar-refractivity contribution in [3.63, 3.8) is 0 Å². The maximum atomic E-state index is 12.6. The summed E-state index contributed by atoms with van der Waals surface area (Å²) in [5.74, 6) is -0.110. The fourth-order valence-corrected chi connectivity index (χ4v) is 2.18. The summed E-state index contributed by atoms with van der Waals surface area (Å²) in [4.78, 5) is 13.6. The maximum Gasteiger partial charge on any atom is 0.416 e. The molecule has 0 atom stereocenters. The van der Waals surface area contributed by atoms with Crippen molar-refractivity contribution in [1.29, 1.82) is 0 Å². The Balaban J connectivity index is 2.08. The summed E-state index contributed by atoms with van der Waals surface area (Å²) in [6.07, 6.45) is -4.37. The summed E-state index contributed by atoms with van der Waals surface area (Å²) >= 11 is 0. The van der Waals surface area contributed by atoms with Gasteiger partial charge in [0.25, 0.3) is 0 Å². The molecule has 1 aliphatic heterocycles. The lowest BCUT2D eigenvalue weighted by Crippen LogP contribution is -2.52. The van der Waals surface area contributed by atoms with Crippen LogP contribution in [0.5, 0.6) is 0 Å². The van der Waals surface area contributed by atoms with E-state index in [-0.39, 0.29) is 12.5 Å². The number of ether oxygens (including phenoxy) is 1. The number of carbonyl (C=O) groups excluding carboxylic acids is 1. The quantitative estimate of drug-likeness (QED) is 0.855. The number of carbonyl (C=O) groups is 1. The van der Waals surface area contributed by atoms with E-state index < -0.39 is 17.2 Å². The van der Waals surface area contributed by atoms with Crippen LogP contribution in [0.3, 0.4) is 0 Å². The van der Waals surface area contributed by atoms with Gasteiger partial charge >= 0.3 is 6.18 Å². The SMILES string of the molecule is CN(Cc1cccc(C(F)(F)F)c1)C(=O)C1(C)COC1. The highest BCUT2D eigenvalue weighted by atomic mass is 19.4. The van der Waals surface area contributed by atoms with Crippen LogP contribution in [0.15, 0.2) is 24.3 Å². The molecule has 1 aromatic rings. The average molecular weight is 287 g/mol. The van der Waals surface area contributed by atoms with Crippen molar-refractivity contribution in [1.82, 2.24) is 4.90 Å². The third-order valence-electron chi connectivity index (χ3n) is 3.38. The number of hydrogen-bond donors (Lipinski definition) is 0. The summed E-state index contributed by atoms with van der Waals surface area (Å²) in [6.45, 7) is 2.66. The van der Waals surface area contributed by atoms with E-state index in [2.05, 4.69) is 0 Å². The summed E-state index contributed by atoms with van der Waals surface area (Å²) < 4.78 is 42.9. The number of benzene rings is 1. The van der Waals surface area contributed by atoms with E-state index in [1.54, 1.807) is 20.0 Å². The van der Waals surface area contributed by atoms with E-state index in [9.17, 15) is 18.0 Å². The number of alkyl halides is 3. The van der Waals surface area contributed by atoms with Crippen molar-refractivity contribution in [3.05, 3.63) is 35.4 Å². The maximum absolute atomic E-state index is 12.6. The third-order valence-corrected chi connectivity index (χ3v) is 3.38. The second kappa shape index (κ2) is 5.09. The average Bonchev–Trinajstić information content (AvgIpc) is 2.34. The summed E-state index contributed by atoms with van der Waals surface area (Å²) in [7, 11) is 1.59. The smallest absolute Gasteiger partial charge is 0.379 e. The highest BCUT2D eigenvalue weighted by molar-refractivity contribution is 5.83. The van der Waals surface area contributed by atoms with Crippen LogP contribution in [0, 0.1) is 5.41 Å². The Morgan fingerprint density at radius 2 is 2.05 bits per heavy atom. The Labute approximate surface area is 115 Å². The van der Waals surface area contributed by atoms with E-state index in [4.69, 9.17) is 4.74 Å². The van der Waals surface area contributed by atoms with Crippen molar-refractivity contribution >= 4 is 5.91 Å². The fourth-order valence-electron chi connectivity index (χ4n) is 2.18. The normalized spacial score (nSPS) is 17.4. The van der Waals surface area contributed by atoms with E-state index >= 15 is 0 Å². The van der Waals surface area contributed by atoms with Crippen molar-refractivity contribution in [2.24, 2.45) is 5.41 Å². The molecule has 0 N–H and O–H groups in total. The van der Waals surface area contributed by atoms with Crippen molar-refractivity contribution in [2.75, 3.05) is 20.3 Å². The monoisotopic (exact) mass is 287 g/mol. The standard InChI is InChI=1S/C14H16F3NO2/c1-13(8-20-9-13)12(19)18(2)7-10-4-3-5-11(6-10)14(15,16)17/h3-6H,7-9H2,1-2H3. The van der Waals surface area contributed by atoms with E-state index in [1.807, 2.05) is 0 Å². The van der Waals surface area contributed by atoms with Gasteiger partial charge in [-0.2, -0.15) is 13.2 Å². The Hall–Kier alpha value is -1.56. The number of hydrogen-bond acceptors (Lipinski definition) is 2. The van der Waals surface area contributed by atoms with Crippen LogP contribution in [-0.2, 0) is 22.3 Å². The van der Waals surface area contributed by atoms with E-state index in [1.165, 1.54) is 11.0 Å². The summed E-state index contributed by atoms with van der Waals surface area (Å²) in [5, 5.41) is 0. The van der Waals surface area contributed by atoms with Gasteiger partial charge in [0.1, 0.15) is 0 Å². The van der Waals surface area contributed by atoms with Crippen molar-refractivity contribution in [2.45, 2.75) is 19.6 Å². The lowest BCUT2D eigenvalue weighted by molar-refractivity contribution is -0.167. The number of rotatable bonds is 3. The summed E-state index contributed by atoms with van der Waals surface area (Å²) in [5.41, 5.74) is -0.787. The molecule has 1 saturated heterocycles. The zero-order valence-electron chi connectivity index (χ0n) is 11.3. The molecule has 0 saturated carbocycles. The first-order valence-corrected chi connectivity index (χ1v) is 6.22. The van der Waals surface area contributed by atoms with Gasteiger partial charge < -0.3 is 9.64 Å². The Morgan fingerprint density at radius 1 is 1.40 bits per heavy atom. The molecule has 2 rings (SSSR count). The van der Waals surface area contributed by atoms with Gasteiger partial charge in [-0.25, -0.2) is 0 Å². The molecule has 1 aromatic carbocycles. The molecule has 0 bridgehead atoms. The Kier molecular flexibility index (Phi) is 3.77. The van der Waals surface area contributed by atoms with E-state index in [0.717, 1.165) is 12.1 Å². The lowest BCUT2D eigenvalue weighted by Gasteiger charge is -2.39. The second-order valence-electron chi connectivity index (χ2n) is 5.41. The third kappa shape index (κ3) is 2.95. The molecule has 0 aliphatic carbocycles. The largest absolute Gasteiger partial charge is 0.416 e. The minimum absolute atomic E-state index is 0.110. The molecule has 1 amide bonds. The topological polar surface area (TPSA) is 29.5 Å². The predicted molar refractivity (Wildman–Crippen MR) is 66.8 cm³/mol. The molecule has 3 nitrogen and oxygen atoms in total. The van der Waals surface area contributed by atoms with Gasteiger partial charge in [-0.15, -0.1) is 0 Å². The predicted octanol–water partition coefficient (Wildman–Crippen LogP) is 2.70. The van der Waals surface area contributed by atoms with Crippen LogP contribution < -0.4 is 0 Å². The molecular formula is C14H16F3NO2. The van der Waals surface area contributed by atoms with Crippen LogP contribution in [0.2, 0.25) is 0 Å². The highest BCUT2D eigenvalue weighted by Gasteiger charge is 2.42. The van der Waals surface area contributed by atoms with Crippen LogP contribution in [0.4, 0.5) is 13.2 Å². The van der Waals surface area contributed by atoms with Crippen LogP contribution in [0.1, 0.15) is 18.1 Å². The molecule has 0 aromatic heterocycles. The fraction of sp³-hybridized carbons (Fsp3) is 0.500. The van der Waals surface area contributed by atoms with Gasteiger partial charge in [-0.05, 0) is 24.6 Å². The molecular weight excluding hydrogens is 271 g/mol. The van der Waals surface area contributed by atoms with E-state index in [0.29, 0.717) is 18.8 Å². The molecule has 1 aliphatic rings. The second-order valence-corrected chi connectivity index (χ2v) is 5.41. The number of halogens is 3. The number of amides is 1. The Bertz CT molecular complexity index is 509. The van der Waals surface area contributed by atoms with Crippen LogP contribution in [0.25, 0.3) is 0 Å². The minimum atomic E-state index is -4.37. The molecule has 110 valence electrons. The van der Waals surface area contributed by atoms with Crippen LogP contribution >= 0.6 is 0 Å². The van der Waals surface area contributed by atoms with Gasteiger partial charge in [0.05, 0.1) is 24.2 Å². The first-order valence-electron chi connectivity index (χ1n) is 6.22. The lowest BCUT2D eigenvalue weighted by atomic mass is 9.87. The van der Waals surface area contributed by atoms with Gasteiger partial charge in [0.2, 0.25) is 5.91 Å². The van der Waals surface area contributed by atoms with Crippen molar-refractivity contribution in [3.8, 4) is 0 Å². The van der Waals surface area contributed by atoms with Gasteiger partial charge in [0, 0.05) is 13.6 Å². The van der Waals surface area contributed by atoms with Gasteiger partial charge in [-0.3, -0.25) is 4.79 Å². The molecule has 6 heteroatoms. The first kappa shape index (κ1) is 14.8. The molecule has 0 unspecified atom stereocenters. The summed E-state index contributed by atoms with van der Waals surface area (Å²) in [6, 6.07) is 5.03. The molecule has 0 spiro atoms. The van der Waals surface area contributed by atoms with Gasteiger partial charge in [-0.1, -0.05) is 12.1 Å². The zero-order chi connectivity index (χ0) is 15.0. The molecule has 1 fully saturated rings. The highest BCUT2D eigenvalue weighted by Crippen LogP contribution is 2.31. The zero-order valence-corrected chi connectivity index (χ0v) is 11.3. The first-order chi connectivity index (χ1) is 9.22. The Morgan fingerprint density at radius 3 is 2.55 bits per heavy atom. The molecule has 20 heavy (non-hydrogen) atoms. The molecule has 0 radical (unpaired) electrons. The van der Waals surface area contributed by atoms with Crippen molar-refractivity contribution < 1.29 is 22.7 Å². The number of nitrogens with zero attached hydrogens (tertiary/aromatic N) is 1.